The standard InChI is InChI=1S/C8H11NO3/c1-9-5-6(8(11)12-2)3-4-7(9)10/h3-5,7,10H,1-2H3. The first kappa shape index (κ1) is 8.80. The molecule has 0 bridgehead atoms. The van der Waals surface area contributed by atoms with Crippen LogP contribution in [0.15, 0.2) is 23.9 Å². The summed E-state index contributed by atoms with van der Waals surface area (Å²) in [6, 6.07) is 0. The third-order valence-corrected chi connectivity index (χ3v) is 1.63. The van der Waals surface area contributed by atoms with Gasteiger partial charge in [0.05, 0.1) is 12.7 Å². The minimum atomic E-state index is -0.654. The van der Waals surface area contributed by atoms with E-state index in [1.807, 2.05) is 0 Å². The molecule has 0 amide bonds. The molecule has 1 rings (SSSR count). The molecule has 0 saturated heterocycles. The predicted octanol–water partition coefficient (Wildman–Crippen LogP) is -0.137. The molecule has 0 saturated carbocycles. The Labute approximate surface area is 70.7 Å². The van der Waals surface area contributed by atoms with Gasteiger partial charge in [0, 0.05) is 13.2 Å². The Bertz CT molecular complexity index is 245. The normalized spacial score (nSPS) is 22.1. The zero-order valence-corrected chi connectivity index (χ0v) is 7.02. The van der Waals surface area contributed by atoms with Crippen LogP contribution < -0.4 is 0 Å². The van der Waals surface area contributed by atoms with Gasteiger partial charge in [-0.05, 0) is 12.2 Å². The summed E-state index contributed by atoms with van der Waals surface area (Å²) in [4.78, 5) is 12.5. The zero-order valence-electron chi connectivity index (χ0n) is 7.02. The number of aliphatic hydroxyl groups excluding tert-OH is 1. The number of aliphatic hydroxyl groups is 1. The SMILES string of the molecule is COC(=O)C1=CN(C)C(O)C=C1. The average molecular weight is 169 g/mol. The van der Waals surface area contributed by atoms with Crippen molar-refractivity contribution in [3.63, 3.8) is 0 Å². The van der Waals surface area contributed by atoms with Crippen LogP contribution in [0.2, 0.25) is 0 Å². The Morgan fingerprint density at radius 1 is 1.75 bits per heavy atom. The molecule has 1 atom stereocenters. The van der Waals surface area contributed by atoms with Gasteiger partial charge in [-0.2, -0.15) is 0 Å². The van der Waals surface area contributed by atoms with E-state index in [0.717, 1.165) is 0 Å². The van der Waals surface area contributed by atoms with Gasteiger partial charge in [-0.1, -0.05) is 0 Å². The fourth-order valence-electron chi connectivity index (χ4n) is 0.903. The van der Waals surface area contributed by atoms with Crippen molar-refractivity contribution in [3.8, 4) is 0 Å². The van der Waals surface area contributed by atoms with Gasteiger partial charge in [0.15, 0.2) is 0 Å². The monoisotopic (exact) mass is 169 g/mol. The van der Waals surface area contributed by atoms with Crippen LogP contribution in [0.25, 0.3) is 0 Å². The van der Waals surface area contributed by atoms with Gasteiger partial charge in [-0.3, -0.25) is 0 Å². The minimum absolute atomic E-state index is 0.398. The average Bonchev–Trinajstić information content (AvgIpc) is 2.08. The number of hydrogen-bond donors (Lipinski definition) is 1. The summed E-state index contributed by atoms with van der Waals surface area (Å²) >= 11 is 0. The quantitative estimate of drug-likeness (QED) is 0.555. The van der Waals surface area contributed by atoms with Crippen molar-refractivity contribution in [1.82, 2.24) is 4.90 Å². The molecule has 1 N–H and O–H groups in total. The molecular weight excluding hydrogens is 158 g/mol. The Hall–Kier alpha value is -1.29. The molecule has 0 aromatic rings. The van der Waals surface area contributed by atoms with Crippen LogP contribution in [0.1, 0.15) is 0 Å². The van der Waals surface area contributed by atoms with Gasteiger partial charge in [0.25, 0.3) is 0 Å². The number of methoxy groups -OCH3 is 1. The molecule has 0 spiro atoms. The van der Waals surface area contributed by atoms with E-state index >= 15 is 0 Å². The second-order valence-electron chi connectivity index (χ2n) is 2.51. The van der Waals surface area contributed by atoms with E-state index in [-0.39, 0.29) is 0 Å². The van der Waals surface area contributed by atoms with Crippen molar-refractivity contribution < 1.29 is 14.6 Å². The van der Waals surface area contributed by atoms with Crippen LogP contribution in [-0.2, 0) is 9.53 Å². The number of likely N-dealkylation sites (N-methyl/N-ethyl adjacent to an activating group) is 1. The van der Waals surface area contributed by atoms with Crippen molar-refractivity contribution >= 4 is 5.97 Å². The molecule has 12 heavy (non-hydrogen) atoms. The summed E-state index contributed by atoms with van der Waals surface area (Å²) in [7, 11) is 3.00. The van der Waals surface area contributed by atoms with Crippen LogP contribution in [0.5, 0.6) is 0 Å². The fraction of sp³-hybridized carbons (Fsp3) is 0.375. The maximum atomic E-state index is 11.0. The maximum absolute atomic E-state index is 11.0. The number of ether oxygens (including phenoxy) is 1. The first-order valence-electron chi connectivity index (χ1n) is 3.53. The molecule has 1 unspecified atom stereocenters. The number of carbonyl (C=O) groups excluding carboxylic acids is 1. The second-order valence-corrected chi connectivity index (χ2v) is 2.51. The summed E-state index contributed by atoms with van der Waals surface area (Å²) in [6.07, 6.45) is 3.94. The van der Waals surface area contributed by atoms with Crippen LogP contribution in [0.3, 0.4) is 0 Å². The van der Waals surface area contributed by atoms with E-state index in [1.165, 1.54) is 30.4 Å². The number of nitrogens with zero attached hydrogens (tertiary/aromatic N) is 1. The third kappa shape index (κ3) is 1.65. The molecular formula is C8H11NO3. The summed E-state index contributed by atoms with van der Waals surface area (Å²) < 4.78 is 4.51. The van der Waals surface area contributed by atoms with E-state index in [4.69, 9.17) is 0 Å². The lowest BCUT2D eigenvalue weighted by molar-refractivity contribution is -0.135. The zero-order chi connectivity index (χ0) is 9.14. The van der Waals surface area contributed by atoms with Crippen molar-refractivity contribution in [2.24, 2.45) is 0 Å². The fourth-order valence-corrected chi connectivity index (χ4v) is 0.903. The Kier molecular flexibility index (Phi) is 2.50. The number of carbonyl (C=O) groups is 1. The molecule has 4 nitrogen and oxygen atoms in total. The van der Waals surface area contributed by atoms with Gasteiger partial charge >= 0.3 is 5.97 Å². The number of rotatable bonds is 1. The highest BCUT2D eigenvalue weighted by Gasteiger charge is 2.14. The van der Waals surface area contributed by atoms with E-state index in [1.54, 1.807) is 7.05 Å². The van der Waals surface area contributed by atoms with Gasteiger partial charge < -0.3 is 14.7 Å². The second kappa shape index (κ2) is 3.40. The van der Waals surface area contributed by atoms with Crippen LogP contribution in [0, 0.1) is 0 Å². The Morgan fingerprint density at radius 3 is 2.92 bits per heavy atom. The number of hydrogen-bond acceptors (Lipinski definition) is 4. The first-order chi connectivity index (χ1) is 5.65. The largest absolute Gasteiger partial charge is 0.465 e. The van der Waals surface area contributed by atoms with Crippen molar-refractivity contribution in [2.45, 2.75) is 6.23 Å². The summed E-state index contributed by atoms with van der Waals surface area (Å²) in [5, 5.41) is 9.19. The molecule has 1 aliphatic heterocycles. The van der Waals surface area contributed by atoms with Crippen molar-refractivity contribution in [2.75, 3.05) is 14.2 Å². The maximum Gasteiger partial charge on any atom is 0.339 e. The molecule has 4 heteroatoms. The van der Waals surface area contributed by atoms with E-state index in [2.05, 4.69) is 4.74 Å². The highest BCUT2D eigenvalue weighted by atomic mass is 16.5. The Balaban J connectivity index is 2.76. The molecule has 0 aliphatic carbocycles. The van der Waals surface area contributed by atoms with E-state index in [0.29, 0.717) is 5.57 Å². The lowest BCUT2D eigenvalue weighted by Crippen LogP contribution is -2.28. The first-order valence-corrected chi connectivity index (χ1v) is 3.53. The topological polar surface area (TPSA) is 49.8 Å². The Morgan fingerprint density at radius 2 is 2.42 bits per heavy atom. The summed E-state index contributed by atoms with van der Waals surface area (Å²) in [5.41, 5.74) is 0.435. The van der Waals surface area contributed by atoms with Gasteiger partial charge in [0.2, 0.25) is 0 Å². The minimum Gasteiger partial charge on any atom is -0.465 e. The van der Waals surface area contributed by atoms with Crippen LogP contribution in [-0.4, -0.2) is 36.4 Å². The molecule has 66 valence electrons. The lowest BCUT2D eigenvalue weighted by Gasteiger charge is -2.22. The molecule has 0 radical (unpaired) electrons. The highest BCUT2D eigenvalue weighted by Crippen LogP contribution is 2.10. The van der Waals surface area contributed by atoms with Crippen LogP contribution in [0.4, 0.5) is 0 Å². The smallest absolute Gasteiger partial charge is 0.339 e. The summed E-state index contributed by atoms with van der Waals surface area (Å²) in [5.74, 6) is -0.398. The summed E-state index contributed by atoms with van der Waals surface area (Å²) in [6.45, 7) is 0. The highest BCUT2D eigenvalue weighted by molar-refractivity contribution is 5.91. The molecule has 0 aromatic carbocycles. The lowest BCUT2D eigenvalue weighted by atomic mass is 10.2. The third-order valence-electron chi connectivity index (χ3n) is 1.63. The number of esters is 1. The molecule has 0 aromatic heterocycles. The molecule has 1 aliphatic rings. The molecule has 1 heterocycles. The van der Waals surface area contributed by atoms with Gasteiger partial charge in [0.1, 0.15) is 6.23 Å². The van der Waals surface area contributed by atoms with Crippen molar-refractivity contribution in [3.05, 3.63) is 23.9 Å². The van der Waals surface area contributed by atoms with Gasteiger partial charge in [-0.25, -0.2) is 4.79 Å². The van der Waals surface area contributed by atoms with E-state index in [9.17, 15) is 9.90 Å². The van der Waals surface area contributed by atoms with E-state index < -0.39 is 12.2 Å². The van der Waals surface area contributed by atoms with Crippen LogP contribution >= 0.6 is 0 Å². The predicted molar refractivity (Wildman–Crippen MR) is 43.0 cm³/mol. The molecule has 0 fully saturated rings. The van der Waals surface area contributed by atoms with Gasteiger partial charge in [-0.15, -0.1) is 0 Å². The van der Waals surface area contributed by atoms with Crippen molar-refractivity contribution in [1.29, 1.82) is 0 Å².